The van der Waals surface area contributed by atoms with Crippen molar-refractivity contribution in [3.63, 3.8) is 0 Å². The number of hydrogen-bond acceptors (Lipinski definition) is 5. The van der Waals surface area contributed by atoms with Gasteiger partial charge in [0, 0.05) is 18.0 Å². The van der Waals surface area contributed by atoms with Crippen LogP contribution < -0.4 is 5.32 Å². The molecule has 1 aromatic heterocycles. The van der Waals surface area contributed by atoms with Crippen molar-refractivity contribution in [2.75, 3.05) is 0 Å². The van der Waals surface area contributed by atoms with Gasteiger partial charge in [-0.25, -0.2) is 0 Å². The van der Waals surface area contributed by atoms with Gasteiger partial charge in [-0.15, -0.1) is 5.10 Å². The summed E-state index contributed by atoms with van der Waals surface area (Å²) in [6.07, 6.45) is 4.21. The first kappa shape index (κ1) is 21.2. The van der Waals surface area contributed by atoms with Crippen LogP contribution in [0.25, 0.3) is 0 Å². The third-order valence-electron chi connectivity index (χ3n) is 5.69. The highest BCUT2D eigenvalue weighted by Crippen LogP contribution is 2.27. The molecule has 2 amide bonds. The Morgan fingerprint density at radius 2 is 1.81 bits per heavy atom. The van der Waals surface area contributed by atoms with Gasteiger partial charge in [0.25, 0.3) is 5.91 Å². The summed E-state index contributed by atoms with van der Waals surface area (Å²) in [5.74, 6) is -0.451. The lowest BCUT2D eigenvalue weighted by atomic mass is 10.0. The smallest absolute Gasteiger partial charge is 0.276 e. The standard InChI is InChI=1S/C24H26N4O2S/c1-17-11-13-19(14-12-17)22(23(29)25-20-9-5-6-10-20)28(15-18-7-3-2-4-8-18)24(30)21-16-31-27-26-21/h2-4,7-8,11-14,16,20,22H,5-6,9-10,15H2,1H3,(H,25,29). The van der Waals surface area contributed by atoms with Crippen LogP contribution in [0.2, 0.25) is 0 Å². The minimum atomic E-state index is -0.754. The summed E-state index contributed by atoms with van der Waals surface area (Å²) < 4.78 is 3.85. The summed E-state index contributed by atoms with van der Waals surface area (Å²) in [7, 11) is 0. The number of nitrogens with one attached hydrogen (secondary N) is 1. The number of aromatic nitrogens is 2. The highest BCUT2D eigenvalue weighted by atomic mass is 32.1. The lowest BCUT2D eigenvalue weighted by molar-refractivity contribution is -0.126. The number of rotatable bonds is 7. The molecule has 0 saturated heterocycles. The summed E-state index contributed by atoms with van der Waals surface area (Å²) in [6.45, 7) is 2.30. The molecule has 1 atom stereocenters. The van der Waals surface area contributed by atoms with Crippen molar-refractivity contribution >= 4 is 23.3 Å². The predicted molar refractivity (Wildman–Crippen MR) is 121 cm³/mol. The molecule has 6 nitrogen and oxygen atoms in total. The Morgan fingerprint density at radius 1 is 1.10 bits per heavy atom. The normalized spacial score (nSPS) is 14.9. The summed E-state index contributed by atoms with van der Waals surface area (Å²) in [5.41, 5.74) is 3.09. The van der Waals surface area contributed by atoms with Gasteiger partial charge in [-0.1, -0.05) is 77.5 Å². The van der Waals surface area contributed by atoms with Crippen molar-refractivity contribution in [2.45, 2.75) is 51.2 Å². The van der Waals surface area contributed by atoms with Gasteiger partial charge >= 0.3 is 0 Å². The number of amides is 2. The highest BCUT2D eigenvalue weighted by Gasteiger charge is 2.34. The Kier molecular flexibility index (Phi) is 6.72. The van der Waals surface area contributed by atoms with Crippen molar-refractivity contribution < 1.29 is 9.59 Å². The Hall–Kier alpha value is -3.06. The second-order valence-electron chi connectivity index (χ2n) is 8.01. The van der Waals surface area contributed by atoms with Crippen LogP contribution in [0.4, 0.5) is 0 Å². The number of nitrogens with zero attached hydrogens (tertiary/aromatic N) is 3. The van der Waals surface area contributed by atoms with E-state index in [4.69, 9.17) is 0 Å². The van der Waals surface area contributed by atoms with E-state index < -0.39 is 6.04 Å². The molecule has 1 heterocycles. The molecule has 1 aliphatic carbocycles. The SMILES string of the molecule is Cc1ccc(C(C(=O)NC2CCCC2)N(Cc2ccccc2)C(=O)c2csnn2)cc1. The number of benzene rings is 2. The van der Waals surface area contributed by atoms with Gasteiger partial charge in [0.15, 0.2) is 5.69 Å². The molecule has 160 valence electrons. The van der Waals surface area contributed by atoms with Crippen LogP contribution in [0.1, 0.15) is 58.9 Å². The number of carbonyl (C=O) groups is 2. The van der Waals surface area contributed by atoms with Gasteiger partial charge in [0.2, 0.25) is 5.91 Å². The lowest BCUT2D eigenvalue weighted by Crippen LogP contribution is -2.46. The topological polar surface area (TPSA) is 75.2 Å². The zero-order valence-electron chi connectivity index (χ0n) is 17.5. The Bertz CT molecular complexity index is 1000. The maximum absolute atomic E-state index is 13.6. The largest absolute Gasteiger partial charge is 0.351 e. The van der Waals surface area contributed by atoms with Crippen LogP contribution in [-0.2, 0) is 11.3 Å². The van der Waals surface area contributed by atoms with Crippen molar-refractivity contribution in [1.29, 1.82) is 0 Å². The van der Waals surface area contributed by atoms with E-state index in [0.29, 0.717) is 6.54 Å². The Labute approximate surface area is 186 Å². The van der Waals surface area contributed by atoms with Crippen LogP contribution in [0.5, 0.6) is 0 Å². The maximum atomic E-state index is 13.6. The molecule has 31 heavy (non-hydrogen) atoms. The third kappa shape index (κ3) is 5.17. The third-order valence-corrected chi connectivity index (χ3v) is 6.20. The first-order valence-corrected chi connectivity index (χ1v) is 11.4. The zero-order chi connectivity index (χ0) is 21.6. The quantitative estimate of drug-likeness (QED) is 0.602. The molecule has 3 aromatic rings. The first-order valence-electron chi connectivity index (χ1n) is 10.6. The van der Waals surface area contributed by atoms with Gasteiger partial charge in [-0.2, -0.15) is 0 Å². The molecule has 2 aromatic carbocycles. The van der Waals surface area contributed by atoms with Gasteiger partial charge in [-0.05, 0) is 42.4 Å². The van der Waals surface area contributed by atoms with Crippen LogP contribution in [-0.4, -0.2) is 32.3 Å². The van der Waals surface area contributed by atoms with E-state index in [0.717, 1.165) is 53.9 Å². The van der Waals surface area contributed by atoms with Crippen molar-refractivity contribution in [2.24, 2.45) is 0 Å². The van der Waals surface area contributed by atoms with Crippen LogP contribution in [0.3, 0.4) is 0 Å². The van der Waals surface area contributed by atoms with Crippen LogP contribution in [0, 0.1) is 6.92 Å². The fourth-order valence-corrected chi connectivity index (χ4v) is 4.47. The first-order chi connectivity index (χ1) is 15.1. The van der Waals surface area contributed by atoms with Gasteiger partial charge in [0.05, 0.1) is 0 Å². The molecule has 4 rings (SSSR count). The van der Waals surface area contributed by atoms with E-state index in [1.165, 1.54) is 0 Å². The molecule has 1 fully saturated rings. The van der Waals surface area contributed by atoms with E-state index in [9.17, 15) is 9.59 Å². The average molecular weight is 435 g/mol. The molecule has 1 saturated carbocycles. The molecular formula is C24H26N4O2S. The Morgan fingerprint density at radius 3 is 2.45 bits per heavy atom. The van der Waals surface area contributed by atoms with E-state index in [1.807, 2.05) is 61.5 Å². The fraction of sp³-hybridized carbons (Fsp3) is 0.333. The molecule has 0 bridgehead atoms. The second-order valence-corrected chi connectivity index (χ2v) is 8.62. The van der Waals surface area contributed by atoms with E-state index >= 15 is 0 Å². The predicted octanol–water partition coefficient (Wildman–Crippen LogP) is 4.29. The Balaban J connectivity index is 1.72. The molecular weight excluding hydrogens is 408 g/mol. The summed E-state index contributed by atoms with van der Waals surface area (Å²) in [4.78, 5) is 28.6. The number of hydrogen-bond donors (Lipinski definition) is 1. The fourth-order valence-electron chi connectivity index (χ4n) is 4.04. The van der Waals surface area contributed by atoms with Crippen LogP contribution in [0.15, 0.2) is 60.0 Å². The average Bonchev–Trinajstić information content (AvgIpc) is 3.49. The monoisotopic (exact) mass is 434 g/mol. The molecule has 7 heteroatoms. The number of carbonyl (C=O) groups excluding carboxylic acids is 2. The zero-order valence-corrected chi connectivity index (χ0v) is 18.3. The molecule has 0 spiro atoms. The molecule has 1 unspecified atom stereocenters. The molecule has 0 aliphatic heterocycles. The minimum absolute atomic E-state index is 0.150. The number of aryl methyl sites for hydroxylation is 1. The van der Waals surface area contributed by atoms with Crippen molar-refractivity contribution in [3.8, 4) is 0 Å². The summed E-state index contributed by atoms with van der Waals surface area (Å²) in [5, 5.41) is 8.80. The van der Waals surface area contributed by atoms with Gasteiger partial charge in [0.1, 0.15) is 6.04 Å². The van der Waals surface area contributed by atoms with Crippen molar-refractivity contribution in [1.82, 2.24) is 19.8 Å². The van der Waals surface area contributed by atoms with E-state index in [-0.39, 0.29) is 23.6 Å². The second kappa shape index (κ2) is 9.83. The summed E-state index contributed by atoms with van der Waals surface area (Å²) in [6, 6.07) is 16.9. The lowest BCUT2D eigenvalue weighted by Gasteiger charge is -2.32. The van der Waals surface area contributed by atoms with Crippen molar-refractivity contribution in [3.05, 3.63) is 82.4 Å². The maximum Gasteiger partial charge on any atom is 0.276 e. The molecule has 1 N–H and O–H groups in total. The van der Waals surface area contributed by atoms with Gasteiger partial charge < -0.3 is 10.2 Å². The molecule has 1 aliphatic rings. The van der Waals surface area contributed by atoms with E-state index in [1.54, 1.807) is 10.3 Å². The summed E-state index contributed by atoms with van der Waals surface area (Å²) >= 11 is 1.13. The van der Waals surface area contributed by atoms with E-state index in [2.05, 4.69) is 14.9 Å². The minimum Gasteiger partial charge on any atom is -0.351 e. The van der Waals surface area contributed by atoms with Crippen LogP contribution >= 0.6 is 11.5 Å². The van der Waals surface area contributed by atoms with Gasteiger partial charge in [-0.3, -0.25) is 9.59 Å². The highest BCUT2D eigenvalue weighted by molar-refractivity contribution is 7.03. The molecule has 0 radical (unpaired) electrons.